The molecule has 0 aliphatic carbocycles. The third-order valence-electron chi connectivity index (χ3n) is 3.95. The van der Waals surface area contributed by atoms with Gasteiger partial charge in [-0.15, -0.1) is 10.2 Å². The normalized spacial score (nSPS) is 11.3. The van der Waals surface area contributed by atoms with E-state index >= 15 is 0 Å². The summed E-state index contributed by atoms with van der Waals surface area (Å²) in [5.41, 5.74) is -0.438. The van der Waals surface area contributed by atoms with Crippen molar-refractivity contribution in [2.24, 2.45) is 0 Å². The number of rotatable bonds is 5. The minimum absolute atomic E-state index is 0.137. The predicted octanol–water partition coefficient (Wildman–Crippen LogP) is 3.50. The molecule has 0 saturated carbocycles. The molecule has 28 heavy (non-hydrogen) atoms. The van der Waals surface area contributed by atoms with Crippen LogP contribution in [0.2, 0.25) is 0 Å². The molecule has 2 heterocycles. The van der Waals surface area contributed by atoms with Crippen LogP contribution >= 0.6 is 0 Å². The Morgan fingerprint density at radius 1 is 1.14 bits per heavy atom. The number of alkyl halides is 3. The molecule has 1 N–H and O–H groups in total. The van der Waals surface area contributed by atoms with Crippen LogP contribution in [0.3, 0.4) is 0 Å². The Labute approximate surface area is 158 Å². The molecule has 1 amide bonds. The van der Waals surface area contributed by atoms with Gasteiger partial charge in [-0.1, -0.05) is 19.1 Å². The molecule has 0 atom stereocenters. The number of benzene rings is 1. The van der Waals surface area contributed by atoms with Crippen molar-refractivity contribution in [1.29, 1.82) is 0 Å². The number of ether oxygens (including phenoxy) is 1. The second kappa shape index (κ2) is 7.67. The summed E-state index contributed by atoms with van der Waals surface area (Å²) in [5, 5.41) is 13.4. The number of hydrogen-bond donors (Lipinski definition) is 1. The van der Waals surface area contributed by atoms with Gasteiger partial charge in [-0.3, -0.25) is 4.79 Å². The van der Waals surface area contributed by atoms with Crippen molar-refractivity contribution in [1.82, 2.24) is 20.0 Å². The summed E-state index contributed by atoms with van der Waals surface area (Å²) in [5.74, 6) is -0.985. The summed E-state index contributed by atoms with van der Waals surface area (Å²) >= 11 is 0. The van der Waals surface area contributed by atoms with Crippen LogP contribution in [0.15, 0.2) is 42.6 Å². The molecule has 3 aromatic rings. The monoisotopic (exact) mass is 391 g/mol. The van der Waals surface area contributed by atoms with E-state index in [0.717, 1.165) is 18.2 Å². The fourth-order valence-electron chi connectivity index (χ4n) is 2.52. The average Bonchev–Trinajstić information content (AvgIpc) is 3.14. The number of anilines is 1. The topological polar surface area (TPSA) is 81.9 Å². The number of carbonyl (C=O) groups is 1. The van der Waals surface area contributed by atoms with Crippen molar-refractivity contribution in [2.75, 3.05) is 12.4 Å². The number of nitrogens with one attached hydrogen (secondary N) is 1. The quantitative estimate of drug-likeness (QED) is 0.720. The van der Waals surface area contributed by atoms with E-state index in [1.165, 1.54) is 19.2 Å². The first-order chi connectivity index (χ1) is 13.3. The van der Waals surface area contributed by atoms with Crippen LogP contribution in [-0.4, -0.2) is 33.0 Å². The number of amides is 1. The molecule has 7 nitrogen and oxygen atoms in total. The Kier molecular flexibility index (Phi) is 5.30. The van der Waals surface area contributed by atoms with Crippen LogP contribution in [-0.2, 0) is 12.6 Å². The molecule has 0 radical (unpaired) electrons. The highest BCUT2D eigenvalue weighted by Gasteiger charge is 2.41. The summed E-state index contributed by atoms with van der Waals surface area (Å²) in [7, 11) is 1.36. The summed E-state index contributed by atoms with van der Waals surface area (Å²) in [6.07, 6.45) is -3.18. The van der Waals surface area contributed by atoms with Gasteiger partial charge in [0.25, 0.3) is 5.91 Å². The molecule has 0 aliphatic rings. The van der Waals surface area contributed by atoms with Crippen LogP contribution in [0.5, 0.6) is 5.88 Å². The maximum absolute atomic E-state index is 13.7. The summed E-state index contributed by atoms with van der Waals surface area (Å²) in [6.45, 7) is 1.97. The van der Waals surface area contributed by atoms with E-state index < -0.39 is 23.3 Å². The summed E-state index contributed by atoms with van der Waals surface area (Å²) in [6, 6.07) is 9.44. The summed E-state index contributed by atoms with van der Waals surface area (Å²) < 4.78 is 46.3. The van der Waals surface area contributed by atoms with Crippen molar-refractivity contribution in [3.8, 4) is 11.7 Å². The molecule has 1 aromatic carbocycles. The van der Waals surface area contributed by atoms with Gasteiger partial charge < -0.3 is 10.1 Å². The highest BCUT2D eigenvalue weighted by molar-refractivity contribution is 6.05. The molecule has 3 rings (SSSR count). The lowest BCUT2D eigenvalue weighted by molar-refractivity contribution is -0.143. The number of hydrogen-bond acceptors (Lipinski definition) is 5. The Morgan fingerprint density at radius 2 is 1.86 bits per heavy atom. The van der Waals surface area contributed by atoms with Gasteiger partial charge in [-0.25, -0.2) is 4.68 Å². The molecule has 2 aromatic heterocycles. The van der Waals surface area contributed by atoms with E-state index in [9.17, 15) is 18.0 Å². The van der Waals surface area contributed by atoms with Gasteiger partial charge in [0, 0.05) is 11.8 Å². The molecule has 0 bridgehead atoms. The summed E-state index contributed by atoms with van der Waals surface area (Å²) in [4.78, 5) is 12.5. The zero-order chi connectivity index (χ0) is 20.3. The van der Waals surface area contributed by atoms with Crippen LogP contribution in [0.25, 0.3) is 5.82 Å². The van der Waals surface area contributed by atoms with Gasteiger partial charge in [0.05, 0.1) is 18.9 Å². The zero-order valence-electron chi connectivity index (χ0n) is 15.0. The van der Waals surface area contributed by atoms with Gasteiger partial charge in [-0.05, 0) is 30.2 Å². The molecule has 0 unspecified atom stereocenters. The Hall–Kier alpha value is -3.43. The van der Waals surface area contributed by atoms with E-state index in [2.05, 4.69) is 20.6 Å². The molecular weight excluding hydrogens is 375 g/mol. The smallest absolute Gasteiger partial charge is 0.434 e. The average molecular weight is 391 g/mol. The van der Waals surface area contributed by atoms with Gasteiger partial charge >= 0.3 is 6.18 Å². The molecular formula is C18H16F3N5O2. The van der Waals surface area contributed by atoms with Crippen LogP contribution < -0.4 is 10.1 Å². The zero-order valence-corrected chi connectivity index (χ0v) is 15.0. The first-order valence-corrected chi connectivity index (χ1v) is 8.27. The second-order valence-electron chi connectivity index (χ2n) is 5.75. The third-order valence-corrected chi connectivity index (χ3v) is 3.95. The van der Waals surface area contributed by atoms with E-state index in [0.29, 0.717) is 10.4 Å². The van der Waals surface area contributed by atoms with Crippen LogP contribution in [0, 0.1) is 0 Å². The van der Waals surface area contributed by atoms with E-state index in [1.807, 2.05) is 6.92 Å². The highest BCUT2D eigenvalue weighted by Crippen LogP contribution is 2.33. The fourth-order valence-corrected chi connectivity index (χ4v) is 2.52. The minimum Gasteiger partial charge on any atom is -0.480 e. The second-order valence-corrected chi connectivity index (χ2v) is 5.75. The SMILES string of the molecule is CCc1ccc(NC(=O)c2cnn(-c3ccc(OC)nn3)c2C(F)(F)F)cc1. The van der Waals surface area contributed by atoms with Gasteiger partial charge in [-0.2, -0.15) is 18.3 Å². The van der Waals surface area contributed by atoms with E-state index in [-0.39, 0.29) is 11.7 Å². The number of halogens is 3. The first-order valence-electron chi connectivity index (χ1n) is 8.27. The Balaban J connectivity index is 1.96. The van der Waals surface area contributed by atoms with Crippen molar-refractivity contribution < 1.29 is 22.7 Å². The van der Waals surface area contributed by atoms with Crippen molar-refractivity contribution in [2.45, 2.75) is 19.5 Å². The lowest BCUT2D eigenvalue weighted by Gasteiger charge is -2.12. The number of aromatic nitrogens is 4. The van der Waals surface area contributed by atoms with E-state index in [4.69, 9.17) is 4.74 Å². The van der Waals surface area contributed by atoms with Crippen molar-refractivity contribution >= 4 is 11.6 Å². The predicted molar refractivity (Wildman–Crippen MR) is 94.5 cm³/mol. The number of methoxy groups -OCH3 is 1. The Morgan fingerprint density at radius 3 is 2.39 bits per heavy atom. The molecule has 0 fully saturated rings. The van der Waals surface area contributed by atoms with Gasteiger partial charge in [0.1, 0.15) is 0 Å². The molecule has 0 spiro atoms. The van der Waals surface area contributed by atoms with Crippen molar-refractivity contribution in [3.63, 3.8) is 0 Å². The largest absolute Gasteiger partial charge is 0.480 e. The number of aryl methyl sites for hydroxylation is 1. The minimum atomic E-state index is -4.84. The number of carbonyl (C=O) groups excluding carboxylic acids is 1. The van der Waals surface area contributed by atoms with E-state index in [1.54, 1.807) is 24.3 Å². The fraction of sp³-hybridized carbons (Fsp3) is 0.222. The van der Waals surface area contributed by atoms with Gasteiger partial charge in [0.2, 0.25) is 5.88 Å². The molecule has 0 saturated heterocycles. The van der Waals surface area contributed by atoms with Crippen molar-refractivity contribution in [3.05, 3.63) is 59.4 Å². The lowest BCUT2D eigenvalue weighted by atomic mass is 10.1. The maximum Gasteiger partial charge on any atom is 0.434 e. The standard InChI is InChI=1S/C18H16F3N5O2/c1-3-11-4-6-12(7-5-11)23-17(27)13-10-22-26(16(13)18(19,20)21)14-8-9-15(28-2)25-24-14/h4-10H,3H2,1-2H3,(H,23,27). The molecule has 0 aliphatic heterocycles. The Bertz CT molecular complexity index is 966. The van der Waals surface area contributed by atoms with Gasteiger partial charge in [0.15, 0.2) is 11.5 Å². The van der Waals surface area contributed by atoms with Crippen LogP contribution in [0.4, 0.5) is 18.9 Å². The number of nitrogens with zero attached hydrogens (tertiary/aromatic N) is 4. The highest BCUT2D eigenvalue weighted by atomic mass is 19.4. The van der Waals surface area contributed by atoms with Crippen LogP contribution in [0.1, 0.15) is 28.5 Å². The first kappa shape index (κ1) is 19.3. The third kappa shape index (κ3) is 3.95. The maximum atomic E-state index is 13.7. The molecule has 10 heteroatoms. The lowest BCUT2D eigenvalue weighted by Crippen LogP contribution is -2.21. The molecule has 146 valence electrons.